The number of anilines is 1. The molecule has 1 aromatic heterocycles. The van der Waals surface area contributed by atoms with Crippen LogP contribution in [0.4, 0.5) is 5.82 Å². The zero-order chi connectivity index (χ0) is 20.3. The number of carbonyl (C=O) groups is 1. The number of carbonyl (C=O) groups excluding carboxylic acids is 1. The first-order valence-corrected chi connectivity index (χ1v) is 10.1. The molecule has 0 fully saturated rings. The number of aromatic nitrogens is 2. The molecule has 0 aliphatic rings. The monoisotopic (exact) mass is 398 g/mol. The third kappa shape index (κ3) is 4.29. The number of aryl methyl sites for hydroxylation is 2. The van der Waals surface area contributed by atoms with Crippen molar-refractivity contribution in [1.82, 2.24) is 14.1 Å². The zero-order valence-corrected chi connectivity index (χ0v) is 16.8. The van der Waals surface area contributed by atoms with E-state index in [4.69, 9.17) is 0 Å². The largest absolute Gasteiger partial charge is 0.307 e. The van der Waals surface area contributed by atoms with E-state index in [0.29, 0.717) is 11.4 Å². The van der Waals surface area contributed by atoms with Gasteiger partial charge in [-0.15, -0.1) is 0 Å². The molecular weight excluding hydrogens is 376 g/mol. The predicted octanol–water partition coefficient (Wildman–Crippen LogP) is 2.80. The molecule has 0 bridgehead atoms. The topological polar surface area (TPSA) is 84.3 Å². The lowest BCUT2D eigenvalue weighted by molar-refractivity contribution is 0.102. The first-order chi connectivity index (χ1) is 13.3. The van der Waals surface area contributed by atoms with Gasteiger partial charge in [-0.2, -0.15) is 9.40 Å². The lowest BCUT2D eigenvalue weighted by Crippen LogP contribution is -2.26. The molecule has 0 unspecified atom stereocenters. The molecule has 0 spiro atoms. The van der Waals surface area contributed by atoms with Gasteiger partial charge in [0.15, 0.2) is 0 Å². The van der Waals surface area contributed by atoms with Crippen LogP contribution in [0.3, 0.4) is 0 Å². The van der Waals surface area contributed by atoms with Gasteiger partial charge in [-0.1, -0.05) is 30.3 Å². The molecule has 146 valence electrons. The first-order valence-electron chi connectivity index (χ1n) is 8.69. The second kappa shape index (κ2) is 7.95. The van der Waals surface area contributed by atoms with Crippen LogP contribution in [0.5, 0.6) is 0 Å². The van der Waals surface area contributed by atoms with Gasteiger partial charge in [-0.25, -0.2) is 8.42 Å². The standard InChI is InChI=1S/C20H22N4O3S/c1-15-13-19(24(3)22-15)21-20(25)17-9-11-18(12-10-17)28(26,27)23(2)14-16-7-5-4-6-8-16/h4-13H,14H2,1-3H3,(H,21,25). The molecular formula is C20H22N4O3S. The third-order valence-corrected chi connectivity index (χ3v) is 6.13. The van der Waals surface area contributed by atoms with Crippen LogP contribution in [0.2, 0.25) is 0 Å². The summed E-state index contributed by atoms with van der Waals surface area (Å²) in [5, 5.41) is 6.94. The molecule has 3 aromatic rings. The molecule has 0 aliphatic heterocycles. The van der Waals surface area contributed by atoms with Gasteiger partial charge >= 0.3 is 0 Å². The van der Waals surface area contributed by atoms with Crippen molar-refractivity contribution in [1.29, 1.82) is 0 Å². The highest BCUT2D eigenvalue weighted by molar-refractivity contribution is 7.89. The average Bonchev–Trinajstić information content (AvgIpc) is 2.99. The Morgan fingerprint density at radius 3 is 2.32 bits per heavy atom. The summed E-state index contributed by atoms with van der Waals surface area (Å²) in [6.07, 6.45) is 0. The highest BCUT2D eigenvalue weighted by atomic mass is 32.2. The number of rotatable bonds is 6. The van der Waals surface area contributed by atoms with Crippen LogP contribution in [0.25, 0.3) is 0 Å². The van der Waals surface area contributed by atoms with Crippen molar-refractivity contribution < 1.29 is 13.2 Å². The fourth-order valence-electron chi connectivity index (χ4n) is 2.80. The number of hydrogen-bond donors (Lipinski definition) is 1. The van der Waals surface area contributed by atoms with Gasteiger partial charge in [0.05, 0.1) is 10.6 Å². The van der Waals surface area contributed by atoms with Crippen LogP contribution < -0.4 is 5.32 Å². The predicted molar refractivity (Wildman–Crippen MR) is 107 cm³/mol. The molecule has 1 heterocycles. The van der Waals surface area contributed by atoms with E-state index in [0.717, 1.165) is 11.3 Å². The zero-order valence-electron chi connectivity index (χ0n) is 16.0. The Morgan fingerprint density at radius 2 is 1.75 bits per heavy atom. The van der Waals surface area contributed by atoms with Gasteiger partial charge in [-0.05, 0) is 36.8 Å². The van der Waals surface area contributed by atoms with Crippen LogP contribution in [0.15, 0.2) is 65.6 Å². The summed E-state index contributed by atoms with van der Waals surface area (Å²) >= 11 is 0. The highest BCUT2D eigenvalue weighted by Crippen LogP contribution is 2.18. The normalized spacial score (nSPS) is 11.6. The number of benzene rings is 2. The van der Waals surface area contributed by atoms with Crippen LogP contribution in [0, 0.1) is 6.92 Å². The second-order valence-corrected chi connectivity index (χ2v) is 8.56. The molecule has 0 radical (unpaired) electrons. The first kappa shape index (κ1) is 19.8. The smallest absolute Gasteiger partial charge is 0.256 e. The molecule has 28 heavy (non-hydrogen) atoms. The average molecular weight is 398 g/mol. The Kier molecular flexibility index (Phi) is 5.62. The van der Waals surface area contributed by atoms with Gasteiger partial charge in [0.25, 0.3) is 5.91 Å². The Bertz CT molecular complexity index is 1070. The summed E-state index contributed by atoms with van der Waals surface area (Å²) in [7, 11) is -0.382. The maximum Gasteiger partial charge on any atom is 0.256 e. The van der Waals surface area contributed by atoms with E-state index in [1.54, 1.807) is 17.8 Å². The molecule has 7 nitrogen and oxygen atoms in total. The minimum Gasteiger partial charge on any atom is -0.307 e. The van der Waals surface area contributed by atoms with Crippen molar-refractivity contribution >= 4 is 21.7 Å². The number of nitrogens with one attached hydrogen (secondary N) is 1. The Balaban J connectivity index is 1.73. The summed E-state index contributed by atoms with van der Waals surface area (Å²) in [6, 6.07) is 17.0. The highest BCUT2D eigenvalue weighted by Gasteiger charge is 2.21. The quantitative estimate of drug-likeness (QED) is 0.692. The second-order valence-electron chi connectivity index (χ2n) is 6.52. The summed E-state index contributed by atoms with van der Waals surface area (Å²) in [4.78, 5) is 12.5. The van der Waals surface area contributed by atoms with Crippen molar-refractivity contribution in [3.63, 3.8) is 0 Å². The van der Waals surface area contributed by atoms with Crippen LogP contribution in [-0.2, 0) is 23.6 Å². The van der Waals surface area contributed by atoms with E-state index >= 15 is 0 Å². The van der Waals surface area contributed by atoms with E-state index in [2.05, 4.69) is 10.4 Å². The molecule has 0 atom stereocenters. The number of amides is 1. The maximum atomic E-state index is 12.8. The maximum absolute atomic E-state index is 12.8. The van der Waals surface area contributed by atoms with E-state index in [1.807, 2.05) is 37.3 Å². The summed E-state index contributed by atoms with van der Waals surface area (Å²) < 4.78 is 28.4. The Labute approximate surface area is 164 Å². The fourth-order valence-corrected chi connectivity index (χ4v) is 3.96. The summed E-state index contributed by atoms with van der Waals surface area (Å²) in [6.45, 7) is 2.10. The molecule has 2 aromatic carbocycles. The molecule has 1 amide bonds. The molecule has 3 rings (SSSR count). The molecule has 0 saturated carbocycles. The molecule has 1 N–H and O–H groups in total. The SMILES string of the molecule is Cc1cc(NC(=O)c2ccc(S(=O)(=O)N(C)Cc3ccccc3)cc2)n(C)n1. The van der Waals surface area contributed by atoms with Crippen molar-refractivity contribution in [3.8, 4) is 0 Å². The van der Waals surface area contributed by atoms with Crippen molar-refractivity contribution in [2.45, 2.75) is 18.4 Å². The Morgan fingerprint density at radius 1 is 1.11 bits per heavy atom. The minimum absolute atomic E-state index is 0.138. The van der Waals surface area contributed by atoms with Gasteiger partial charge in [-0.3, -0.25) is 9.48 Å². The third-order valence-electron chi connectivity index (χ3n) is 4.32. The molecule has 0 saturated heterocycles. The number of nitrogens with zero attached hydrogens (tertiary/aromatic N) is 3. The van der Waals surface area contributed by atoms with E-state index < -0.39 is 10.0 Å². The van der Waals surface area contributed by atoms with Crippen LogP contribution >= 0.6 is 0 Å². The fraction of sp³-hybridized carbons (Fsp3) is 0.200. The summed E-state index contributed by atoms with van der Waals surface area (Å²) in [5.74, 6) is 0.242. The number of sulfonamides is 1. The van der Waals surface area contributed by atoms with Crippen LogP contribution in [-0.4, -0.2) is 35.5 Å². The minimum atomic E-state index is -3.65. The van der Waals surface area contributed by atoms with Crippen molar-refractivity contribution in [2.24, 2.45) is 7.05 Å². The van der Waals surface area contributed by atoms with Crippen molar-refractivity contribution in [2.75, 3.05) is 12.4 Å². The van der Waals surface area contributed by atoms with Gasteiger partial charge in [0.1, 0.15) is 5.82 Å². The van der Waals surface area contributed by atoms with E-state index in [-0.39, 0.29) is 17.3 Å². The number of hydrogen-bond acceptors (Lipinski definition) is 4. The lowest BCUT2D eigenvalue weighted by atomic mass is 10.2. The van der Waals surface area contributed by atoms with Crippen molar-refractivity contribution in [3.05, 3.63) is 77.5 Å². The van der Waals surface area contributed by atoms with E-state index in [9.17, 15) is 13.2 Å². The van der Waals surface area contributed by atoms with Gasteiger partial charge < -0.3 is 5.32 Å². The molecule has 8 heteroatoms. The van der Waals surface area contributed by atoms with Gasteiger partial charge in [0, 0.05) is 32.3 Å². The summed E-state index contributed by atoms with van der Waals surface area (Å²) in [5.41, 5.74) is 2.06. The van der Waals surface area contributed by atoms with Gasteiger partial charge in [0.2, 0.25) is 10.0 Å². The lowest BCUT2D eigenvalue weighted by Gasteiger charge is -2.17. The van der Waals surface area contributed by atoms with Crippen LogP contribution in [0.1, 0.15) is 21.6 Å². The molecule has 0 aliphatic carbocycles. The Hall–Kier alpha value is -2.97. The van der Waals surface area contributed by atoms with E-state index in [1.165, 1.54) is 35.6 Å².